The minimum atomic E-state index is -4.34. The highest BCUT2D eigenvalue weighted by atomic mass is 19.4. The van der Waals surface area contributed by atoms with Crippen molar-refractivity contribution in [3.05, 3.63) is 35.4 Å². The number of amides is 1. The predicted octanol–water partition coefficient (Wildman–Crippen LogP) is 3.26. The summed E-state index contributed by atoms with van der Waals surface area (Å²) < 4.78 is 37.4. The Morgan fingerprint density at radius 3 is 2.11 bits per heavy atom. The third-order valence-electron chi connectivity index (χ3n) is 3.37. The van der Waals surface area contributed by atoms with Crippen molar-refractivity contribution in [3.63, 3.8) is 0 Å². The molecule has 2 nitrogen and oxygen atoms in total. The van der Waals surface area contributed by atoms with Gasteiger partial charge >= 0.3 is 6.18 Å². The summed E-state index contributed by atoms with van der Waals surface area (Å²) >= 11 is 0. The molecule has 0 saturated heterocycles. The molecule has 19 heavy (non-hydrogen) atoms. The molecule has 2 rings (SSSR count). The molecule has 0 unspecified atom stereocenters. The van der Waals surface area contributed by atoms with E-state index in [4.69, 9.17) is 0 Å². The molecule has 0 spiro atoms. The number of rotatable bonds is 3. The zero-order chi connectivity index (χ0) is 14.3. The predicted molar refractivity (Wildman–Crippen MR) is 65.6 cm³/mol. The Morgan fingerprint density at radius 1 is 1.21 bits per heavy atom. The van der Waals surface area contributed by atoms with Crippen LogP contribution in [0.1, 0.15) is 37.8 Å². The van der Waals surface area contributed by atoms with E-state index in [1.807, 2.05) is 13.8 Å². The van der Waals surface area contributed by atoms with Crippen molar-refractivity contribution >= 4 is 5.91 Å². The highest BCUT2D eigenvalue weighted by Crippen LogP contribution is 2.48. The molecule has 1 aromatic carbocycles. The lowest BCUT2D eigenvalue weighted by Crippen LogP contribution is -2.38. The van der Waals surface area contributed by atoms with E-state index < -0.39 is 17.2 Å². The maximum atomic E-state index is 12.5. The lowest BCUT2D eigenvalue weighted by Gasteiger charge is -2.18. The molecule has 1 aromatic rings. The van der Waals surface area contributed by atoms with E-state index in [-0.39, 0.29) is 11.9 Å². The molecule has 1 saturated carbocycles. The van der Waals surface area contributed by atoms with Gasteiger partial charge < -0.3 is 5.32 Å². The van der Waals surface area contributed by atoms with Gasteiger partial charge in [-0.25, -0.2) is 0 Å². The Labute approximate surface area is 110 Å². The quantitative estimate of drug-likeness (QED) is 0.898. The summed E-state index contributed by atoms with van der Waals surface area (Å²) in [6.45, 7) is 3.72. The van der Waals surface area contributed by atoms with Gasteiger partial charge in [-0.1, -0.05) is 12.1 Å². The summed E-state index contributed by atoms with van der Waals surface area (Å²) in [5.41, 5.74) is -0.635. The number of hydrogen-bond donors (Lipinski definition) is 1. The van der Waals surface area contributed by atoms with Gasteiger partial charge in [0.25, 0.3) is 0 Å². The first-order valence-electron chi connectivity index (χ1n) is 6.24. The fourth-order valence-electron chi connectivity index (χ4n) is 2.15. The molecular weight excluding hydrogens is 255 g/mol. The van der Waals surface area contributed by atoms with Crippen molar-refractivity contribution in [1.29, 1.82) is 0 Å². The second-order valence-electron chi connectivity index (χ2n) is 5.29. The van der Waals surface area contributed by atoms with Crippen molar-refractivity contribution in [2.45, 2.75) is 44.3 Å². The van der Waals surface area contributed by atoms with E-state index in [9.17, 15) is 18.0 Å². The van der Waals surface area contributed by atoms with Crippen LogP contribution in [0.2, 0.25) is 0 Å². The minimum Gasteiger partial charge on any atom is -0.353 e. The molecule has 0 aliphatic heterocycles. The summed E-state index contributed by atoms with van der Waals surface area (Å²) in [5, 5.41) is 2.83. The smallest absolute Gasteiger partial charge is 0.353 e. The molecule has 0 aromatic heterocycles. The highest BCUT2D eigenvalue weighted by Gasteiger charge is 2.51. The third-order valence-corrected chi connectivity index (χ3v) is 3.37. The molecule has 1 aliphatic carbocycles. The Morgan fingerprint density at radius 2 is 1.74 bits per heavy atom. The molecule has 1 amide bonds. The van der Waals surface area contributed by atoms with Crippen molar-refractivity contribution in [1.82, 2.24) is 5.32 Å². The first-order valence-corrected chi connectivity index (χ1v) is 6.24. The molecule has 1 aliphatic rings. The summed E-state index contributed by atoms with van der Waals surface area (Å²) in [4.78, 5) is 12.1. The maximum absolute atomic E-state index is 12.5. The van der Waals surface area contributed by atoms with E-state index in [1.54, 1.807) is 0 Å². The Kier molecular flexibility index (Phi) is 3.32. The fraction of sp³-hybridized carbons (Fsp3) is 0.500. The van der Waals surface area contributed by atoms with E-state index >= 15 is 0 Å². The molecule has 1 N–H and O–H groups in total. The van der Waals surface area contributed by atoms with Crippen molar-refractivity contribution in [3.8, 4) is 0 Å². The number of hydrogen-bond acceptors (Lipinski definition) is 1. The average molecular weight is 271 g/mol. The van der Waals surface area contributed by atoms with Crippen LogP contribution in [0.4, 0.5) is 13.2 Å². The maximum Gasteiger partial charge on any atom is 0.416 e. The number of benzene rings is 1. The lowest BCUT2D eigenvalue weighted by atomic mass is 9.93. The molecular formula is C14H16F3NO. The van der Waals surface area contributed by atoms with Crippen LogP contribution >= 0.6 is 0 Å². The largest absolute Gasteiger partial charge is 0.416 e. The van der Waals surface area contributed by atoms with Gasteiger partial charge in [-0.3, -0.25) is 4.79 Å². The fourth-order valence-corrected chi connectivity index (χ4v) is 2.15. The summed E-state index contributed by atoms with van der Waals surface area (Å²) in [6.07, 6.45) is -2.96. The highest BCUT2D eigenvalue weighted by molar-refractivity contribution is 5.91. The van der Waals surface area contributed by atoms with Gasteiger partial charge in [-0.15, -0.1) is 0 Å². The van der Waals surface area contributed by atoms with E-state index in [0.29, 0.717) is 18.4 Å². The standard InChI is InChI=1S/C14H16F3NO/c1-9(2)18-12(19)13(7-8-13)10-3-5-11(6-4-10)14(15,16)17/h3-6,9H,7-8H2,1-2H3,(H,18,19). The summed E-state index contributed by atoms with van der Waals surface area (Å²) in [5.74, 6) is -0.0951. The van der Waals surface area contributed by atoms with Crippen LogP contribution in [0.25, 0.3) is 0 Å². The van der Waals surface area contributed by atoms with Gasteiger partial charge in [0, 0.05) is 6.04 Å². The van der Waals surface area contributed by atoms with Gasteiger partial charge in [0.1, 0.15) is 0 Å². The number of carbonyl (C=O) groups excluding carboxylic acids is 1. The molecule has 0 atom stereocenters. The molecule has 0 bridgehead atoms. The SMILES string of the molecule is CC(C)NC(=O)C1(c2ccc(C(F)(F)F)cc2)CC1. The summed E-state index contributed by atoms with van der Waals surface area (Å²) in [7, 11) is 0. The van der Waals surface area contributed by atoms with Crippen molar-refractivity contribution in [2.24, 2.45) is 0 Å². The number of nitrogens with one attached hydrogen (secondary N) is 1. The minimum absolute atomic E-state index is 0.0272. The molecule has 0 radical (unpaired) electrons. The van der Waals surface area contributed by atoms with E-state index in [1.165, 1.54) is 12.1 Å². The lowest BCUT2D eigenvalue weighted by molar-refractivity contribution is -0.137. The van der Waals surface area contributed by atoms with Crippen LogP contribution in [-0.4, -0.2) is 11.9 Å². The molecule has 1 fully saturated rings. The summed E-state index contributed by atoms with van der Waals surface area (Å²) in [6, 6.07) is 4.93. The number of halogens is 3. The van der Waals surface area contributed by atoms with Gasteiger partial charge in [0.05, 0.1) is 11.0 Å². The first kappa shape index (κ1) is 13.9. The van der Waals surface area contributed by atoms with Crippen LogP contribution in [-0.2, 0) is 16.4 Å². The zero-order valence-corrected chi connectivity index (χ0v) is 10.8. The monoisotopic (exact) mass is 271 g/mol. The molecule has 5 heteroatoms. The third kappa shape index (κ3) is 2.74. The van der Waals surface area contributed by atoms with Crippen LogP contribution in [0.5, 0.6) is 0 Å². The Bertz CT molecular complexity index is 472. The van der Waals surface area contributed by atoms with Crippen LogP contribution < -0.4 is 5.32 Å². The average Bonchev–Trinajstić information content (AvgIpc) is 3.08. The number of carbonyl (C=O) groups is 1. The first-order chi connectivity index (χ1) is 8.75. The zero-order valence-electron chi connectivity index (χ0n) is 10.8. The van der Waals surface area contributed by atoms with E-state index in [2.05, 4.69) is 5.32 Å². The second-order valence-corrected chi connectivity index (χ2v) is 5.29. The van der Waals surface area contributed by atoms with Crippen LogP contribution in [0, 0.1) is 0 Å². The van der Waals surface area contributed by atoms with Gasteiger partial charge in [-0.05, 0) is 44.4 Å². The van der Waals surface area contributed by atoms with Crippen molar-refractivity contribution in [2.75, 3.05) is 0 Å². The Hall–Kier alpha value is -1.52. The molecule has 104 valence electrons. The van der Waals surface area contributed by atoms with Crippen LogP contribution in [0.3, 0.4) is 0 Å². The second kappa shape index (κ2) is 4.54. The normalized spacial score (nSPS) is 17.4. The van der Waals surface area contributed by atoms with Crippen molar-refractivity contribution < 1.29 is 18.0 Å². The Balaban J connectivity index is 2.21. The van der Waals surface area contributed by atoms with Gasteiger partial charge in [-0.2, -0.15) is 13.2 Å². The molecule has 0 heterocycles. The van der Waals surface area contributed by atoms with E-state index in [0.717, 1.165) is 12.1 Å². The van der Waals surface area contributed by atoms with Crippen LogP contribution in [0.15, 0.2) is 24.3 Å². The van der Waals surface area contributed by atoms with Gasteiger partial charge in [0.15, 0.2) is 0 Å². The number of alkyl halides is 3. The van der Waals surface area contributed by atoms with Gasteiger partial charge in [0.2, 0.25) is 5.91 Å². The topological polar surface area (TPSA) is 29.1 Å².